The molecule has 1 saturated heterocycles. The van der Waals surface area contributed by atoms with Crippen LogP contribution in [0.1, 0.15) is 21.6 Å². The molecule has 1 aliphatic heterocycles. The monoisotopic (exact) mass is 347 g/mol. The van der Waals surface area contributed by atoms with Gasteiger partial charge < -0.3 is 9.64 Å². The quantitative estimate of drug-likeness (QED) is 0.670. The predicted molar refractivity (Wildman–Crippen MR) is 95.2 cm³/mol. The number of benzene rings is 1. The largest absolute Gasteiger partial charge is 0.378 e. The molecular weight excluding hydrogens is 330 g/mol. The van der Waals surface area contributed by atoms with Crippen LogP contribution in [0.4, 0.5) is 5.82 Å². The molecule has 0 bridgehead atoms. The van der Waals surface area contributed by atoms with Gasteiger partial charge in [-0.3, -0.25) is 4.79 Å². The van der Waals surface area contributed by atoms with Crippen molar-refractivity contribution in [2.75, 3.05) is 31.2 Å². The number of nitriles is 1. The number of ether oxygens (including phenoxy) is 1. The summed E-state index contributed by atoms with van der Waals surface area (Å²) in [5.41, 5.74) is 2.53. The van der Waals surface area contributed by atoms with Gasteiger partial charge in [0.05, 0.1) is 43.2 Å². The molecule has 0 unspecified atom stereocenters. The van der Waals surface area contributed by atoms with Gasteiger partial charge in [0.1, 0.15) is 5.82 Å². The van der Waals surface area contributed by atoms with Gasteiger partial charge in [0, 0.05) is 30.8 Å². The van der Waals surface area contributed by atoms with E-state index in [1.54, 1.807) is 35.0 Å². The summed E-state index contributed by atoms with van der Waals surface area (Å²) in [6.07, 6.45) is 1.91. The van der Waals surface area contributed by atoms with E-state index in [-0.39, 0.29) is 12.2 Å². The van der Waals surface area contributed by atoms with Gasteiger partial charge in [-0.15, -0.1) is 0 Å². The third-order valence-corrected chi connectivity index (χ3v) is 4.41. The van der Waals surface area contributed by atoms with Crippen molar-refractivity contribution in [1.82, 2.24) is 14.6 Å². The average molecular weight is 347 g/mol. The molecule has 7 heteroatoms. The van der Waals surface area contributed by atoms with E-state index in [4.69, 9.17) is 10.00 Å². The molecule has 0 N–H and O–H groups in total. The number of carbonyl (C=O) groups excluding carboxylic acids is 1. The Morgan fingerprint density at radius 1 is 1.19 bits per heavy atom. The summed E-state index contributed by atoms with van der Waals surface area (Å²) in [6.45, 7) is 2.90. The fraction of sp³-hybridized carbons (Fsp3) is 0.263. The first kappa shape index (κ1) is 16.2. The maximum atomic E-state index is 12.6. The Morgan fingerprint density at radius 3 is 2.69 bits per heavy atom. The van der Waals surface area contributed by atoms with Crippen molar-refractivity contribution < 1.29 is 9.53 Å². The zero-order chi connectivity index (χ0) is 17.9. The number of rotatable bonds is 4. The normalized spacial score (nSPS) is 14.3. The van der Waals surface area contributed by atoms with Gasteiger partial charge >= 0.3 is 0 Å². The van der Waals surface area contributed by atoms with E-state index in [0.717, 1.165) is 24.6 Å². The summed E-state index contributed by atoms with van der Waals surface area (Å²) in [7, 11) is 0. The molecular formula is C19H17N5O2. The second-order valence-electron chi connectivity index (χ2n) is 6.10. The highest BCUT2D eigenvalue weighted by molar-refractivity contribution is 5.97. The zero-order valence-electron chi connectivity index (χ0n) is 14.1. The van der Waals surface area contributed by atoms with E-state index >= 15 is 0 Å². The van der Waals surface area contributed by atoms with Crippen LogP contribution in [0.5, 0.6) is 0 Å². The molecule has 0 spiro atoms. The highest BCUT2D eigenvalue weighted by Gasteiger charge is 2.18. The van der Waals surface area contributed by atoms with Gasteiger partial charge in [-0.1, -0.05) is 12.1 Å². The minimum Gasteiger partial charge on any atom is -0.378 e. The summed E-state index contributed by atoms with van der Waals surface area (Å²) < 4.78 is 7.21. The molecule has 130 valence electrons. The predicted octanol–water partition coefficient (Wildman–Crippen LogP) is 1.86. The average Bonchev–Trinajstić information content (AvgIpc) is 3.16. The van der Waals surface area contributed by atoms with Gasteiger partial charge in [-0.05, 0) is 12.1 Å². The third-order valence-electron chi connectivity index (χ3n) is 4.41. The van der Waals surface area contributed by atoms with E-state index in [0.29, 0.717) is 30.0 Å². The fourth-order valence-electron chi connectivity index (χ4n) is 3.05. The van der Waals surface area contributed by atoms with Crippen LogP contribution in [0.25, 0.3) is 5.65 Å². The molecule has 1 aromatic carbocycles. The minimum absolute atomic E-state index is 0.0289. The lowest BCUT2D eigenvalue weighted by atomic mass is 10.0. The summed E-state index contributed by atoms with van der Waals surface area (Å²) in [5, 5.41) is 13.2. The van der Waals surface area contributed by atoms with Crippen LogP contribution in [0.2, 0.25) is 0 Å². The summed E-state index contributed by atoms with van der Waals surface area (Å²) in [4.78, 5) is 19.4. The Hall–Kier alpha value is -3.24. The number of anilines is 1. The van der Waals surface area contributed by atoms with E-state index in [1.165, 1.54) is 0 Å². The maximum Gasteiger partial charge on any atom is 0.168 e. The summed E-state index contributed by atoms with van der Waals surface area (Å²) >= 11 is 0. The van der Waals surface area contributed by atoms with Crippen molar-refractivity contribution in [3.8, 4) is 6.07 Å². The third kappa shape index (κ3) is 3.15. The molecule has 0 amide bonds. The smallest absolute Gasteiger partial charge is 0.168 e. The van der Waals surface area contributed by atoms with Crippen molar-refractivity contribution in [2.45, 2.75) is 6.42 Å². The van der Waals surface area contributed by atoms with E-state index in [2.05, 4.69) is 21.1 Å². The molecule has 26 heavy (non-hydrogen) atoms. The first-order valence-electron chi connectivity index (χ1n) is 8.44. The highest BCUT2D eigenvalue weighted by atomic mass is 16.5. The van der Waals surface area contributed by atoms with E-state index in [9.17, 15) is 4.79 Å². The Labute approximate surface area is 150 Å². The number of nitrogens with zero attached hydrogens (tertiary/aromatic N) is 5. The molecule has 2 aromatic heterocycles. The van der Waals surface area contributed by atoms with Crippen LogP contribution in [-0.4, -0.2) is 46.7 Å². The Morgan fingerprint density at radius 2 is 1.96 bits per heavy atom. The van der Waals surface area contributed by atoms with E-state index < -0.39 is 0 Å². The van der Waals surface area contributed by atoms with Crippen LogP contribution >= 0.6 is 0 Å². The van der Waals surface area contributed by atoms with Crippen LogP contribution in [0, 0.1) is 11.3 Å². The van der Waals surface area contributed by atoms with Gasteiger partial charge in [-0.2, -0.15) is 14.9 Å². The highest BCUT2D eigenvalue weighted by Crippen LogP contribution is 2.19. The Bertz CT molecular complexity index is 981. The summed E-state index contributed by atoms with van der Waals surface area (Å²) in [5.74, 6) is 0.893. The summed E-state index contributed by atoms with van der Waals surface area (Å²) in [6, 6.07) is 12.5. The van der Waals surface area contributed by atoms with Crippen molar-refractivity contribution in [3.63, 3.8) is 0 Å². The zero-order valence-corrected chi connectivity index (χ0v) is 14.1. The van der Waals surface area contributed by atoms with Crippen molar-refractivity contribution in [1.29, 1.82) is 5.26 Å². The molecule has 0 radical (unpaired) electrons. The number of hydrogen-bond acceptors (Lipinski definition) is 6. The maximum absolute atomic E-state index is 12.6. The molecule has 3 aromatic rings. The van der Waals surface area contributed by atoms with Crippen LogP contribution < -0.4 is 4.90 Å². The molecule has 1 aliphatic rings. The Kier molecular flexibility index (Phi) is 4.33. The molecule has 0 aliphatic carbocycles. The van der Waals surface area contributed by atoms with Crippen molar-refractivity contribution in [2.24, 2.45) is 0 Å². The fourth-order valence-corrected chi connectivity index (χ4v) is 3.05. The number of carbonyl (C=O) groups is 1. The second-order valence-corrected chi connectivity index (χ2v) is 6.10. The molecule has 1 fully saturated rings. The Balaban J connectivity index is 1.63. The second kappa shape index (κ2) is 6.94. The lowest BCUT2D eigenvalue weighted by Crippen LogP contribution is -2.37. The number of hydrogen-bond donors (Lipinski definition) is 0. The van der Waals surface area contributed by atoms with Gasteiger partial charge in [0.25, 0.3) is 0 Å². The number of fused-ring (bicyclic) bond motifs is 1. The topological polar surface area (TPSA) is 83.5 Å². The SMILES string of the molecule is N#Cc1ccc(C(=O)Cc2cc(N3CCOCC3)n3nccc3n2)cc1. The van der Waals surface area contributed by atoms with E-state index in [1.807, 2.05) is 12.1 Å². The van der Waals surface area contributed by atoms with Gasteiger partial charge in [0.2, 0.25) is 0 Å². The van der Waals surface area contributed by atoms with Crippen LogP contribution in [0.15, 0.2) is 42.6 Å². The number of Topliss-reactive ketones (excluding diaryl/α,β-unsaturated/α-hetero) is 1. The lowest BCUT2D eigenvalue weighted by molar-refractivity contribution is 0.0992. The van der Waals surface area contributed by atoms with Crippen molar-refractivity contribution >= 4 is 17.2 Å². The minimum atomic E-state index is -0.0289. The van der Waals surface area contributed by atoms with Crippen molar-refractivity contribution in [3.05, 3.63) is 59.4 Å². The van der Waals surface area contributed by atoms with Gasteiger partial charge in [0.15, 0.2) is 11.4 Å². The van der Waals surface area contributed by atoms with Crippen LogP contribution in [-0.2, 0) is 11.2 Å². The first-order valence-corrected chi connectivity index (χ1v) is 8.44. The van der Waals surface area contributed by atoms with Gasteiger partial charge in [-0.25, -0.2) is 4.98 Å². The molecule has 0 saturated carbocycles. The lowest BCUT2D eigenvalue weighted by Gasteiger charge is -2.29. The standard InChI is InChI=1S/C19H17N5O2/c20-13-14-1-3-15(4-2-14)17(25)11-16-12-19(23-7-9-26-10-8-23)24-18(22-16)5-6-21-24/h1-6,12H,7-11H2. The molecule has 4 rings (SSSR count). The number of morpholine rings is 1. The first-order chi connectivity index (χ1) is 12.7. The number of ketones is 1. The van der Waals surface area contributed by atoms with Crippen LogP contribution in [0.3, 0.4) is 0 Å². The molecule has 7 nitrogen and oxygen atoms in total. The molecule has 3 heterocycles. The number of aromatic nitrogens is 3. The molecule has 0 atom stereocenters.